The molecular formula is C25H17ClN4O5. The number of pyridine rings is 1. The number of imidazole rings is 1. The molecule has 0 saturated carbocycles. The molecule has 0 bridgehead atoms. The molecule has 10 heteroatoms. The summed E-state index contributed by atoms with van der Waals surface area (Å²) in [6.07, 6.45) is 3.39. The highest BCUT2D eigenvalue weighted by atomic mass is 35.5. The molecule has 0 aliphatic heterocycles. The Morgan fingerprint density at radius 3 is 2.77 bits per heavy atom. The number of aliphatic imine (C=N–C) groups is 1. The first-order valence-corrected chi connectivity index (χ1v) is 10.7. The summed E-state index contributed by atoms with van der Waals surface area (Å²) < 4.78 is 12.9. The van der Waals surface area contributed by atoms with E-state index in [9.17, 15) is 15.2 Å². The number of phenols is 1. The summed E-state index contributed by atoms with van der Waals surface area (Å²) in [5.41, 5.74) is 2.31. The maximum Gasteiger partial charge on any atom is 0.288 e. The van der Waals surface area contributed by atoms with Crippen LogP contribution < -0.4 is 4.74 Å². The van der Waals surface area contributed by atoms with Crippen LogP contribution in [0.1, 0.15) is 5.76 Å². The number of furan rings is 1. The van der Waals surface area contributed by atoms with Gasteiger partial charge in [-0.05, 0) is 54.6 Å². The molecule has 0 radical (unpaired) electrons. The monoisotopic (exact) mass is 488 g/mol. The molecule has 0 spiro atoms. The van der Waals surface area contributed by atoms with Crippen LogP contribution in [0.2, 0.25) is 5.02 Å². The summed E-state index contributed by atoms with van der Waals surface area (Å²) >= 11 is 5.91. The summed E-state index contributed by atoms with van der Waals surface area (Å²) in [7, 11) is 1.48. The van der Waals surface area contributed by atoms with Gasteiger partial charge in [0.2, 0.25) is 0 Å². The van der Waals surface area contributed by atoms with Gasteiger partial charge >= 0.3 is 0 Å². The van der Waals surface area contributed by atoms with Crippen LogP contribution in [-0.4, -0.2) is 32.7 Å². The van der Waals surface area contributed by atoms with Crippen molar-refractivity contribution >= 4 is 35.0 Å². The molecule has 0 fully saturated rings. The third kappa shape index (κ3) is 4.20. The number of hydrogen-bond donors (Lipinski definition) is 1. The Morgan fingerprint density at radius 2 is 1.97 bits per heavy atom. The van der Waals surface area contributed by atoms with E-state index in [4.69, 9.17) is 25.7 Å². The molecule has 0 aliphatic rings. The van der Waals surface area contributed by atoms with Gasteiger partial charge in [-0.2, -0.15) is 0 Å². The molecule has 1 N–H and O–H groups in total. The number of nitro groups is 1. The predicted molar refractivity (Wildman–Crippen MR) is 132 cm³/mol. The Labute approximate surface area is 203 Å². The van der Waals surface area contributed by atoms with Crippen LogP contribution >= 0.6 is 11.6 Å². The minimum absolute atomic E-state index is 0.0237. The van der Waals surface area contributed by atoms with Crippen molar-refractivity contribution in [3.63, 3.8) is 0 Å². The van der Waals surface area contributed by atoms with Gasteiger partial charge in [-0.3, -0.25) is 14.5 Å². The van der Waals surface area contributed by atoms with E-state index in [1.807, 2.05) is 28.8 Å². The highest BCUT2D eigenvalue weighted by molar-refractivity contribution is 6.32. The summed E-state index contributed by atoms with van der Waals surface area (Å²) in [5.74, 6) is 1.77. The number of aromatic nitrogens is 2. The minimum atomic E-state index is -0.540. The molecule has 9 nitrogen and oxygen atoms in total. The fourth-order valence-electron chi connectivity index (χ4n) is 3.63. The van der Waals surface area contributed by atoms with Crippen molar-refractivity contribution in [2.75, 3.05) is 7.11 Å². The summed E-state index contributed by atoms with van der Waals surface area (Å²) in [5, 5.41) is 21.2. The number of phenolic OH excluding ortho intramolecular Hbond substituents is 1. The van der Waals surface area contributed by atoms with E-state index < -0.39 is 4.92 Å². The lowest BCUT2D eigenvalue weighted by Crippen LogP contribution is -1.89. The molecular weight excluding hydrogens is 472 g/mol. The maximum absolute atomic E-state index is 11.2. The SMILES string of the molecule is COc1cc(-c2nc3ccccn3c2N=Cc2ccc(-c3ccc(Cl)c([N+](=O)[O-])c3)o2)ccc1O. The summed E-state index contributed by atoms with van der Waals surface area (Å²) in [6, 6.07) is 18.5. The van der Waals surface area contributed by atoms with Crippen LogP contribution in [0.5, 0.6) is 11.5 Å². The van der Waals surface area contributed by atoms with Crippen LogP contribution in [0, 0.1) is 10.1 Å². The second-order valence-corrected chi connectivity index (χ2v) is 7.89. The van der Waals surface area contributed by atoms with Crippen molar-refractivity contribution < 1.29 is 19.2 Å². The Bertz CT molecular complexity index is 1610. The number of methoxy groups -OCH3 is 1. The van der Waals surface area contributed by atoms with Gasteiger partial charge in [-0.15, -0.1) is 0 Å². The fraction of sp³-hybridized carbons (Fsp3) is 0.0400. The van der Waals surface area contributed by atoms with E-state index in [1.54, 1.807) is 36.5 Å². The molecule has 5 rings (SSSR count). The maximum atomic E-state index is 11.2. The molecule has 0 atom stereocenters. The zero-order valence-corrected chi connectivity index (χ0v) is 19.0. The number of aromatic hydroxyl groups is 1. The molecule has 5 aromatic rings. The molecule has 174 valence electrons. The smallest absolute Gasteiger partial charge is 0.288 e. The average Bonchev–Trinajstić information content (AvgIpc) is 3.48. The second kappa shape index (κ2) is 8.96. The summed E-state index contributed by atoms with van der Waals surface area (Å²) in [4.78, 5) is 20.0. The number of halogens is 1. The minimum Gasteiger partial charge on any atom is -0.504 e. The van der Waals surface area contributed by atoms with Gasteiger partial charge in [-0.25, -0.2) is 9.98 Å². The van der Waals surface area contributed by atoms with E-state index in [-0.39, 0.29) is 16.5 Å². The van der Waals surface area contributed by atoms with Crippen LogP contribution in [0.3, 0.4) is 0 Å². The van der Waals surface area contributed by atoms with E-state index >= 15 is 0 Å². The molecule has 3 aromatic heterocycles. The van der Waals surface area contributed by atoms with Crippen LogP contribution in [-0.2, 0) is 0 Å². The van der Waals surface area contributed by atoms with Crippen LogP contribution in [0.15, 0.2) is 82.3 Å². The van der Waals surface area contributed by atoms with Crippen molar-refractivity contribution in [1.82, 2.24) is 9.38 Å². The molecule has 0 aliphatic carbocycles. The third-order valence-electron chi connectivity index (χ3n) is 5.33. The molecule has 35 heavy (non-hydrogen) atoms. The average molecular weight is 489 g/mol. The molecule has 0 amide bonds. The number of nitrogens with zero attached hydrogens (tertiary/aromatic N) is 4. The van der Waals surface area contributed by atoms with Gasteiger partial charge in [0.25, 0.3) is 5.69 Å². The quantitative estimate of drug-likeness (QED) is 0.171. The van der Waals surface area contributed by atoms with Gasteiger partial charge in [0, 0.05) is 23.4 Å². The number of benzene rings is 2. The lowest BCUT2D eigenvalue weighted by molar-refractivity contribution is -0.384. The number of rotatable bonds is 6. The fourth-order valence-corrected chi connectivity index (χ4v) is 3.82. The zero-order chi connectivity index (χ0) is 24.5. The first-order valence-electron chi connectivity index (χ1n) is 10.4. The second-order valence-electron chi connectivity index (χ2n) is 7.48. The largest absolute Gasteiger partial charge is 0.504 e. The predicted octanol–water partition coefficient (Wildman–Crippen LogP) is 6.29. The van der Waals surface area contributed by atoms with Gasteiger partial charge in [0.15, 0.2) is 17.3 Å². The number of ether oxygens (including phenoxy) is 1. The zero-order valence-electron chi connectivity index (χ0n) is 18.3. The van der Waals surface area contributed by atoms with Crippen LogP contribution in [0.25, 0.3) is 28.2 Å². The van der Waals surface area contributed by atoms with Crippen molar-refractivity contribution in [3.8, 4) is 34.1 Å². The number of hydrogen-bond acceptors (Lipinski definition) is 7. The highest BCUT2D eigenvalue weighted by Crippen LogP contribution is 2.36. The van der Waals surface area contributed by atoms with E-state index in [0.29, 0.717) is 45.6 Å². The van der Waals surface area contributed by atoms with Gasteiger partial charge < -0.3 is 14.3 Å². The van der Waals surface area contributed by atoms with Crippen molar-refractivity contribution in [1.29, 1.82) is 0 Å². The number of nitro benzene ring substituents is 1. The molecule has 2 aromatic carbocycles. The van der Waals surface area contributed by atoms with Gasteiger partial charge in [0.05, 0.1) is 18.2 Å². The highest BCUT2D eigenvalue weighted by Gasteiger charge is 2.17. The van der Waals surface area contributed by atoms with Gasteiger partial charge in [-0.1, -0.05) is 17.7 Å². The van der Waals surface area contributed by atoms with Crippen molar-refractivity contribution in [3.05, 3.63) is 93.8 Å². The Kier molecular flexibility index (Phi) is 5.68. The van der Waals surface area contributed by atoms with E-state index in [2.05, 4.69) is 4.99 Å². The first kappa shape index (κ1) is 22.2. The van der Waals surface area contributed by atoms with E-state index in [0.717, 1.165) is 0 Å². The standard InChI is InChI=1S/C25H17ClN4O5/c1-34-22-13-16(6-9-20(22)31)24-25(29-11-3-2-4-23(29)28-24)27-14-17-7-10-21(35-17)15-5-8-18(26)19(12-15)30(32)33/h2-14,31H,1H3. The lowest BCUT2D eigenvalue weighted by atomic mass is 10.1. The summed E-state index contributed by atoms with van der Waals surface area (Å²) in [6.45, 7) is 0. The lowest BCUT2D eigenvalue weighted by Gasteiger charge is -2.05. The molecule has 0 unspecified atom stereocenters. The Hall–Kier alpha value is -4.63. The number of fused-ring (bicyclic) bond motifs is 1. The first-order chi connectivity index (χ1) is 16.9. The van der Waals surface area contributed by atoms with Crippen molar-refractivity contribution in [2.45, 2.75) is 0 Å². The Balaban J connectivity index is 1.53. The Morgan fingerprint density at radius 1 is 1.14 bits per heavy atom. The van der Waals surface area contributed by atoms with E-state index in [1.165, 1.54) is 25.3 Å². The van der Waals surface area contributed by atoms with Gasteiger partial charge in [0.1, 0.15) is 27.9 Å². The van der Waals surface area contributed by atoms with Crippen molar-refractivity contribution in [2.24, 2.45) is 4.99 Å². The third-order valence-corrected chi connectivity index (χ3v) is 5.65. The van der Waals surface area contributed by atoms with Crippen LogP contribution in [0.4, 0.5) is 11.5 Å². The topological polar surface area (TPSA) is 115 Å². The molecule has 3 heterocycles. The normalized spacial score (nSPS) is 11.4. The molecule has 0 saturated heterocycles.